The summed E-state index contributed by atoms with van der Waals surface area (Å²) in [5.41, 5.74) is 7.23. The third-order valence-corrected chi connectivity index (χ3v) is 7.39. The predicted molar refractivity (Wildman–Crippen MR) is 153 cm³/mol. The van der Waals surface area contributed by atoms with Crippen molar-refractivity contribution in [2.75, 3.05) is 24.6 Å². The first-order valence-corrected chi connectivity index (χ1v) is 13.4. The van der Waals surface area contributed by atoms with Gasteiger partial charge in [-0.3, -0.25) is 14.6 Å². The molecular weight excluding hydrogens is 566 g/mol. The van der Waals surface area contributed by atoms with Gasteiger partial charge in [0.2, 0.25) is 0 Å². The summed E-state index contributed by atoms with van der Waals surface area (Å²) in [5.74, 6) is -0.241. The second-order valence-corrected chi connectivity index (χ2v) is 10.8. The van der Waals surface area contributed by atoms with Gasteiger partial charge in [-0.25, -0.2) is 9.18 Å². The van der Waals surface area contributed by atoms with Crippen LogP contribution in [0.5, 0.6) is 5.75 Å². The second kappa shape index (κ2) is 12.4. The molecule has 0 aliphatic carbocycles. The van der Waals surface area contributed by atoms with Crippen molar-refractivity contribution in [3.05, 3.63) is 87.1 Å². The van der Waals surface area contributed by atoms with Gasteiger partial charge in [-0.15, -0.1) is 0 Å². The summed E-state index contributed by atoms with van der Waals surface area (Å²) in [6, 6.07) is 14.9. The molecule has 1 heterocycles. The quantitative estimate of drug-likeness (QED) is 0.339. The van der Waals surface area contributed by atoms with Crippen LogP contribution >= 0.6 is 34.8 Å². The van der Waals surface area contributed by atoms with Crippen LogP contribution in [-0.2, 0) is 11.3 Å². The number of anilines is 2. The number of carbonyl (C=O) groups is 2. The lowest BCUT2D eigenvalue weighted by Crippen LogP contribution is -2.58. The number of nitrogens with zero attached hydrogens (tertiary/aromatic N) is 3. The molecule has 11 heteroatoms. The van der Waals surface area contributed by atoms with E-state index in [1.165, 1.54) is 24.3 Å². The Morgan fingerprint density at radius 1 is 0.949 bits per heavy atom. The number of urea groups is 1. The number of rotatable bonds is 7. The van der Waals surface area contributed by atoms with Gasteiger partial charge in [0.15, 0.2) is 6.61 Å². The number of nitrogens with two attached hydrogens (primary N) is 1. The van der Waals surface area contributed by atoms with E-state index in [1.54, 1.807) is 41.3 Å². The van der Waals surface area contributed by atoms with E-state index >= 15 is 0 Å². The smallest absolute Gasteiger partial charge is 0.324 e. The topological polar surface area (TPSA) is 79.1 Å². The molecular formula is C28H28Cl3FN4O3. The summed E-state index contributed by atoms with van der Waals surface area (Å²) in [4.78, 5) is 31.0. The molecule has 0 aromatic heterocycles. The molecule has 3 amide bonds. The average Bonchev–Trinajstić information content (AvgIpc) is 2.88. The zero-order valence-corrected chi connectivity index (χ0v) is 23.7. The van der Waals surface area contributed by atoms with E-state index < -0.39 is 6.03 Å². The number of hydrogen-bond acceptors (Lipinski definition) is 4. The standard InChI is InChI=1S/C28H28Cl3FN4O3/c1-17-14-35(18(2)13-34(17)15-19-3-7-22(32)8-4-19)27(37)16-39-26-10-6-21(30)12-25(26)36(28(33)38)24-9-5-20(29)11-23(24)31/h3-12,17-18H,13-16H2,1-2H3,(H2,33,38)/t17-,18+/m1/s1. The number of ether oxygens (including phenoxy) is 1. The lowest BCUT2D eigenvalue weighted by Gasteiger charge is -2.44. The molecule has 1 aliphatic rings. The lowest BCUT2D eigenvalue weighted by molar-refractivity contribution is -0.139. The minimum atomic E-state index is -0.822. The summed E-state index contributed by atoms with van der Waals surface area (Å²) in [5, 5.41) is 0.923. The summed E-state index contributed by atoms with van der Waals surface area (Å²) in [6.07, 6.45) is 0. The van der Waals surface area contributed by atoms with Crippen LogP contribution in [-0.4, -0.2) is 53.5 Å². The van der Waals surface area contributed by atoms with Crippen molar-refractivity contribution in [3.63, 3.8) is 0 Å². The fraction of sp³-hybridized carbons (Fsp3) is 0.286. The average molecular weight is 594 g/mol. The van der Waals surface area contributed by atoms with E-state index in [4.69, 9.17) is 45.3 Å². The monoisotopic (exact) mass is 592 g/mol. The van der Waals surface area contributed by atoms with Gasteiger partial charge < -0.3 is 15.4 Å². The van der Waals surface area contributed by atoms with Crippen molar-refractivity contribution >= 4 is 58.1 Å². The van der Waals surface area contributed by atoms with Crippen LogP contribution in [0.25, 0.3) is 0 Å². The molecule has 0 spiro atoms. The SMILES string of the molecule is C[C@@H]1CN(C(=O)COc2ccc(Cl)cc2N(C(N)=O)c2ccc(Cl)cc2Cl)[C@@H](C)CN1Cc1ccc(F)cc1. The van der Waals surface area contributed by atoms with Gasteiger partial charge in [-0.05, 0) is 67.9 Å². The van der Waals surface area contributed by atoms with E-state index in [0.717, 1.165) is 10.5 Å². The highest BCUT2D eigenvalue weighted by atomic mass is 35.5. The molecule has 1 fully saturated rings. The normalized spacial score (nSPS) is 17.6. The molecule has 0 radical (unpaired) electrons. The fourth-order valence-corrected chi connectivity index (χ4v) is 5.29. The molecule has 4 rings (SSSR count). The van der Waals surface area contributed by atoms with Crippen molar-refractivity contribution < 1.29 is 18.7 Å². The molecule has 0 bridgehead atoms. The molecule has 1 aliphatic heterocycles. The van der Waals surface area contributed by atoms with Crippen LogP contribution in [0, 0.1) is 5.82 Å². The first-order chi connectivity index (χ1) is 18.5. The Kier molecular flexibility index (Phi) is 9.23. The maximum absolute atomic E-state index is 13.3. The van der Waals surface area contributed by atoms with Crippen molar-refractivity contribution in [1.82, 2.24) is 9.80 Å². The van der Waals surface area contributed by atoms with Crippen LogP contribution < -0.4 is 15.4 Å². The fourth-order valence-electron chi connectivity index (χ4n) is 4.63. The number of piperazine rings is 1. The van der Waals surface area contributed by atoms with Gasteiger partial charge in [0, 0.05) is 41.8 Å². The Labute approximate surface area is 241 Å². The molecule has 0 unspecified atom stereocenters. The number of carbonyl (C=O) groups excluding carboxylic acids is 2. The minimum absolute atomic E-state index is 0.0718. The summed E-state index contributed by atoms with van der Waals surface area (Å²) >= 11 is 18.6. The Balaban J connectivity index is 1.47. The van der Waals surface area contributed by atoms with Crippen LogP contribution in [0.2, 0.25) is 15.1 Å². The molecule has 2 atom stereocenters. The Morgan fingerprint density at radius 3 is 2.28 bits per heavy atom. The first-order valence-electron chi connectivity index (χ1n) is 12.3. The molecule has 0 saturated carbocycles. The highest BCUT2D eigenvalue weighted by molar-refractivity contribution is 6.37. The van der Waals surface area contributed by atoms with Crippen molar-refractivity contribution in [1.29, 1.82) is 0 Å². The van der Waals surface area contributed by atoms with Crippen LogP contribution in [0.1, 0.15) is 19.4 Å². The highest BCUT2D eigenvalue weighted by Crippen LogP contribution is 2.39. The summed E-state index contributed by atoms with van der Waals surface area (Å²) < 4.78 is 19.2. The van der Waals surface area contributed by atoms with Gasteiger partial charge in [0.1, 0.15) is 11.6 Å². The van der Waals surface area contributed by atoms with Gasteiger partial charge in [-0.1, -0.05) is 46.9 Å². The Hall–Kier alpha value is -3.04. The van der Waals surface area contributed by atoms with Crippen molar-refractivity contribution in [2.24, 2.45) is 5.73 Å². The van der Waals surface area contributed by atoms with E-state index in [-0.39, 0.29) is 52.6 Å². The predicted octanol–water partition coefficient (Wildman–Crippen LogP) is 6.50. The third kappa shape index (κ3) is 6.94. The third-order valence-electron chi connectivity index (χ3n) is 6.62. The van der Waals surface area contributed by atoms with Crippen LogP contribution in [0.3, 0.4) is 0 Å². The zero-order valence-electron chi connectivity index (χ0n) is 21.4. The van der Waals surface area contributed by atoms with Gasteiger partial charge in [-0.2, -0.15) is 0 Å². The van der Waals surface area contributed by atoms with E-state index in [1.807, 2.05) is 6.92 Å². The largest absolute Gasteiger partial charge is 0.482 e. The zero-order chi connectivity index (χ0) is 28.3. The van der Waals surface area contributed by atoms with E-state index in [9.17, 15) is 14.0 Å². The van der Waals surface area contributed by atoms with Crippen molar-refractivity contribution in [2.45, 2.75) is 32.5 Å². The molecule has 7 nitrogen and oxygen atoms in total. The molecule has 2 N–H and O–H groups in total. The number of amides is 3. The molecule has 206 valence electrons. The van der Waals surface area contributed by atoms with Crippen LogP contribution in [0.4, 0.5) is 20.6 Å². The second-order valence-electron chi connectivity index (χ2n) is 9.47. The van der Waals surface area contributed by atoms with Gasteiger partial charge in [0.05, 0.1) is 16.4 Å². The number of primary amides is 1. The highest BCUT2D eigenvalue weighted by Gasteiger charge is 2.32. The number of benzene rings is 3. The Morgan fingerprint density at radius 2 is 1.62 bits per heavy atom. The minimum Gasteiger partial charge on any atom is -0.482 e. The maximum atomic E-state index is 13.3. The summed E-state index contributed by atoms with van der Waals surface area (Å²) in [7, 11) is 0. The van der Waals surface area contributed by atoms with E-state index in [2.05, 4.69) is 11.8 Å². The molecule has 3 aromatic carbocycles. The molecule has 1 saturated heterocycles. The summed E-state index contributed by atoms with van der Waals surface area (Å²) in [6.45, 7) is 5.59. The van der Waals surface area contributed by atoms with Crippen molar-refractivity contribution in [3.8, 4) is 5.75 Å². The lowest BCUT2D eigenvalue weighted by atomic mass is 10.1. The van der Waals surface area contributed by atoms with Gasteiger partial charge in [0.25, 0.3) is 5.91 Å². The number of halogens is 4. The van der Waals surface area contributed by atoms with Crippen LogP contribution in [0.15, 0.2) is 60.7 Å². The molecule has 3 aromatic rings. The van der Waals surface area contributed by atoms with E-state index in [0.29, 0.717) is 29.7 Å². The number of hydrogen-bond donors (Lipinski definition) is 1. The Bertz CT molecular complexity index is 1360. The van der Waals surface area contributed by atoms with Gasteiger partial charge >= 0.3 is 6.03 Å². The first kappa shape index (κ1) is 29.0. The molecule has 39 heavy (non-hydrogen) atoms. The maximum Gasteiger partial charge on any atom is 0.324 e.